The molecule has 1 aliphatic rings. The van der Waals surface area contributed by atoms with Crippen LogP contribution in [0.1, 0.15) is 32.6 Å². The van der Waals surface area contributed by atoms with Crippen molar-refractivity contribution < 1.29 is 0 Å². The minimum atomic E-state index is 0.916. The molecule has 3 nitrogen and oxygen atoms in total. The molecule has 0 spiro atoms. The summed E-state index contributed by atoms with van der Waals surface area (Å²) in [6.07, 6.45) is 11.4. The molecular weight excluding hydrogens is 198 g/mol. The van der Waals surface area contributed by atoms with E-state index in [4.69, 9.17) is 0 Å². The third kappa shape index (κ3) is 3.63. The van der Waals surface area contributed by atoms with Crippen molar-refractivity contribution in [3.8, 4) is 0 Å². The fourth-order valence-electron chi connectivity index (χ4n) is 2.47. The lowest BCUT2D eigenvalue weighted by molar-refractivity contribution is 0.281. The topological polar surface area (TPSA) is 29.9 Å². The predicted octanol–water partition coefficient (Wildman–Crippen LogP) is 2.30. The molecule has 0 aliphatic heterocycles. The van der Waals surface area contributed by atoms with Gasteiger partial charge in [0.1, 0.15) is 0 Å². The van der Waals surface area contributed by atoms with Crippen LogP contribution in [-0.2, 0) is 6.54 Å². The first-order valence-corrected chi connectivity index (χ1v) is 6.51. The Balaban J connectivity index is 1.55. The summed E-state index contributed by atoms with van der Waals surface area (Å²) in [4.78, 5) is 4.03. The summed E-state index contributed by atoms with van der Waals surface area (Å²) >= 11 is 0. The molecule has 1 aromatic rings. The van der Waals surface area contributed by atoms with Gasteiger partial charge in [-0.15, -0.1) is 0 Å². The fourth-order valence-corrected chi connectivity index (χ4v) is 2.47. The Labute approximate surface area is 98.3 Å². The highest BCUT2D eigenvalue weighted by Gasteiger charge is 2.17. The zero-order valence-electron chi connectivity index (χ0n) is 10.2. The molecule has 1 aliphatic carbocycles. The van der Waals surface area contributed by atoms with Crippen molar-refractivity contribution >= 4 is 0 Å². The van der Waals surface area contributed by atoms with Crippen LogP contribution >= 0.6 is 0 Å². The number of hydrogen-bond donors (Lipinski definition) is 1. The second-order valence-corrected chi connectivity index (χ2v) is 5.13. The zero-order chi connectivity index (χ0) is 11.2. The minimum Gasteiger partial charge on any atom is -0.336 e. The van der Waals surface area contributed by atoms with Crippen molar-refractivity contribution in [2.75, 3.05) is 13.1 Å². The Bertz CT molecular complexity index is 273. The summed E-state index contributed by atoms with van der Waals surface area (Å²) in [6, 6.07) is 0. The monoisotopic (exact) mass is 221 g/mol. The summed E-state index contributed by atoms with van der Waals surface area (Å²) in [5.41, 5.74) is 0. The van der Waals surface area contributed by atoms with Gasteiger partial charge < -0.3 is 9.88 Å². The average Bonchev–Trinajstić information content (AvgIpc) is 2.80. The Kier molecular flexibility index (Phi) is 4.40. The highest BCUT2D eigenvalue weighted by atomic mass is 15.0. The summed E-state index contributed by atoms with van der Waals surface area (Å²) in [5, 5.41) is 3.56. The number of hydrogen-bond acceptors (Lipinski definition) is 2. The minimum absolute atomic E-state index is 0.916. The number of nitrogens with one attached hydrogen (secondary N) is 1. The van der Waals surface area contributed by atoms with E-state index in [9.17, 15) is 0 Å². The maximum atomic E-state index is 4.03. The van der Waals surface area contributed by atoms with Gasteiger partial charge in [-0.1, -0.05) is 19.8 Å². The first-order chi connectivity index (χ1) is 7.84. The Morgan fingerprint density at radius 2 is 2.12 bits per heavy atom. The molecule has 0 atom stereocenters. The van der Waals surface area contributed by atoms with Crippen molar-refractivity contribution in [2.24, 2.45) is 11.8 Å². The molecule has 1 saturated carbocycles. The molecule has 1 heterocycles. The van der Waals surface area contributed by atoms with Gasteiger partial charge in [0.05, 0.1) is 6.33 Å². The molecule has 3 heteroatoms. The second-order valence-electron chi connectivity index (χ2n) is 5.13. The number of imidazole rings is 1. The highest BCUT2D eigenvalue weighted by molar-refractivity contribution is 4.75. The van der Waals surface area contributed by atoms with Gasteiger partial charge in [0.15, 0.2) is 0 Å². The van der Waals surface area contributed by atoms with E-state index in [0.717, 1.165) is 24.9 Å². The third-order valence-electron chi connectivity index (χ3n) is 3.67. The van der Waals surface area contributed by atoms with Crippen LogP contribution < -0.4 is 5.32 Å². The van der Waals surface area contributed by atoms with Crippen molar-refractivity contribution in [3.63, 3.8) is 0 Å². The maximum absolute atomic E-state index is 4.03. The van der Waals surface area contributed by atoms with E-state index in [0.29, 0.717) is 0 Å². The van der Waals surface area contributed by atoms with E-state index in [1.165, 1.54) is 32.2 Å². The molecule has 0 bridgehead atoms. The second kappa shape index (κ2) is 6.04. The number of rotatable bonds is 5. The summed E-state index contributed by atoms with van der Waals surface area (Å²) in [6.45, 7) is 5.66. The lowest BCUT2D eigenvalue weighted by Crippen LogP contribution is -2.28. The summed E-state index contributed by atoms with van der Waals surface area (Å²) in [7, 11) is 0. The first kappa shape index (κ1) is 11.6. The molecule has 90 valence electrons. The Morgan fingerprint density at radius 1 is 1.31 bits per heavy atom. The largest absolute Gasteiger partial charge is 0.336 e. The molecule has 0 amide bonds. The van der Waals surface area contributed by atoms with Crippen LogP contribution in [0, 0.1) is 11.8 Å². The Morgan fingerprint density at radius 3 is 2.81 bits per heavy atom. The molecule has 16 heavy (non-hydrogen) atoms. The summed E-state index contributed by atoms with van der Waals surface area (Å²) < 4.78 is 2.12. The molecule has 1 N–H and O–H groups in total. The molecule has 2 rings (SSSR count). The van der Waals surface area contributed by atoms with Crippen molar-refractivity contribution in [1.29, 1.82) is 0 Å². The van der Waals surface area contributed by atoms with Crippen LogP contribution in [0.2, 0.25) is 0 Å². The standard InChI is InChI=1S/C13H23N3/c1-12-2-4-13(5-3-12)10-14-6-8-16-9-7-15-11-16/h7,9,11-14H,2-6,8,10H2,1H3. The molecule has 0 radical (unpaired) electrons. The average molecular weight is 221 g/mol. The van der Waals surface area contributed by atoms with E-state index in [2.05, 4.69) is 21.8 Å². The predicted molar refractivity (Wildman–Crippen MR) is 66.2 cm³/mol. The molecular formula is C13H23N3. The highest BCUT2D eigenvalue weighted by Crippen LogP contribution is 2.27. The molecule has 0 aromatic carbocycles. The van der Waals surface area contributed by atoms with E-state index in [1.807, 2.05) is 18.7 Å². The maximum Gasteiger partial charge on any atom is 0.0946 e. The zero-order valence-corrected chi connectivity index (χ0v) is 10.2. The molecule has 1 fully saturated rings. The van der Waals surface area contributed by atoms with Gasteiger partial charge in [-0.2, -0.15) is 0 Å². The van der Waals surface area contributed by atoms with Crippen LogP contribution in [0.5, 0.6) is 0 Å². The third-order valence-corrected chi connectivity index (χ3v) is 3.67. The van der Waals surface area contributed by atoms with Crippen LogP contribution in [0.4, 0.5) is 0 Å². The van der Waals surface area contributed by atoms with Crippen LogP contribution in [0.3, 0.4) is 0 Å². The SMILES string of the molecule is CC1CCC(CNCCn2ccnc2)CC1. The van der Waals surface area contributed by atoms with E-state index >= 15 is 0 Å². The van der Waals surface area contributed by atoms with Crippen LogP contribution in [0.15, 0.2) is 18.7 Å². The quantitative estimate of drug-likeness (QED) is 0.773. The van der Waals surface area contributed by atoms with Gasteiger partial charge in [-0.25, -0.2) is 4.98 Å². The van der Waals surface area contributed by atoms with Gasteiger partial charge in [0.2, 0.25) is 0 Å². The van der Waals surface area contributed by atoms with Gasteiger partial charge in [-0.05, 0) is 31.2 Å². The van der Waals surface area contributed by atoms with E-state index < -0.39 is 0 Å². The molecule has 1 aromatic heterocycles. The van der Waals surface area contributed by atoms with E-state index in [-0.39, 0.29) is 0 Å². The lowest BCUT2D eigenvalue weighted by Gasteiger charge is -2.26. The smallest absolute Gasteiger partial charge is 0.0946 e. The number of nitrogens with zero attached hydrogens (tertiary/aromatic N) is 2. The van der Waals surface area contributed by atoms with Crippen LogP contribution in [0.25, 0.3) is 0 Å². The van der Waals surface area contributed by atoms with Crippen molar-refractivity contribution in [1.82, 2.24) is 14.9 Å². The summed E-state index contributed by atoms with van der Waals surface area (Å²) in [5.74, 6) is 1.88. The lowest BCUT2D eigenvalue weighted by atomic mass is 9.83. The van der Waals surface area contributed by atoms with Gasteiger partial charge >= 0.3 is 0 Å². The first-order valence-electron chi connectivity index (χ1n) is 6.51. The van der Waals surface area contributed by atoms with E-state index in [1.54, 1.807) is 0 Å². The van der Waals surface area contributed by atoms with Crippen molar-refractivity contribution in [2.45, 2.75) is 39.2 Å². The molecule has 0 unspecified atom stereocenters. The molecule has 0 saturated heterocycles. The van der Waals surface area contributed by atoms with Crippen LogP contribution in [-0.4, -0.2) is 22.6 Å². The fraction of sp³-hybridized carbons (Fsp3) is 0.769. The van der Waals surface area contributed by atoms with Crippen molar-refractivity contribution in [3.05, 3.63) is 18.7 Å². The number of aromatic nitrogens is 2. The van der Waals surface area contributed by atoms with Gasteiger partial charge in [-0.3, -0.25) is 0 Å². The van der Waals surface area contributed by atoms with Gasteiger partial charge in [0, 0.05) is 25.5 Å². The normalized spacial score (nSPS) is 25.8. The van der Waals surface area contributed by atoms with Gasteiger partial charge in [0.25, 0.3) is 0 Å². The Hall–Kier alpha value is -0.830.